The zero-order valence-electron chi connectivity index (χ0n) is 10.8. The van der Waals surface area contributed by atoms with Gasteiger partial charge in [0, 0.05) is 18.1 Å². The van der Waals surface area contributed by atoms with Gasteiger partial charge in [-0.1, -0.05) is 29.8 Å². The predicted molar refractivity (Wildman–Crippen MR) is 77.9 cm³/mol. The molecule has 0 heterocycles. The topological polar surface area (TPSA) is 35.8 Å². The van der Waals surface area contributed by atoms with E-state index in [0.29, 0.717) is 5.56 Å². The molecule has 1 N–H and O–H groups in total. The molecule has 0 atom stereocenters. The molecule has 0 radical (unpaired) electrons. The van der Waals surface area contributed by atoms with E-state index >= 15 is 0 Å². The summed E-state index contributed by atoms with van der Waals surface area (Å²) in [7, 11) is 0. The summed E-state index contributed by atoms with van der Waals surface area (Å²) in [4.78, 5) is 0. The number of halogens is 1. The number of nitrogens with one attached hydrogen (secondary N) is 1. The van der Waals surface area contributed by atoms with Crippen LogP contribution in [-0.4, -0.2) is 0 Å². The molecule has 0 amide bonds. The second kappa shape index (κ2) is 6.38. The maximum Gasteiger partial charge on any atom is 0.0991 e. The van der Waals surface area contributed by atoms with Gasteiger partial charge in [0.1, 0.15) is 0 Å². The molecule has 0 aliphatic heterocycles. The average Bonchev–Trinajstić information content (AvgIpc) is 2.41. The van der Waals surface area contributed by atoms with E-state index < -0.39 is 0 Å². The smallest absolute Gasteiger partial charge is 0.0991 e. The lowest BCUT2D eigenvalue weighted by Crippen LogP contribution is -2.13. The molecular formula is C16H15ClN2. The Hall–Kier alpha value is -1.82. The van der Waals surface area contributed by atoms with E-state index in [0.717, 1.165) is 23.7 Å². The summed E-state index contributed by atoms with van der Waals surface area (Å²) < 4.78 is 0. The highest BCUT2D eigenvalue weighted by molar-refractivity contribution is 6.30. The van der Waals surface area contributed by atoms with Crippen molar-refractivity contribution in [3.63, 3.8) is 0 Å². The largest absolute Gasteiger partial charge is 0.309 e. The molecule has 2 aromatic carbocycles. The molecular weight excluding hydrogens is 256 g/mol. The van der Waals surface area contributed by atoms with Crippen LogP contribution in [0, 0.1) is 18.3 Å². The molecule has 0 spiro atoms. The number of nitriles is 1. The average molecular weight is 271 g/mol. The number of rotatable bonds is 4. The lowest BCUT2D eigenvalue weighted by molar-refractivity contribution is 0.690. The molecule has 0 bridgehead atoms. The van der Waals surface area contributed by atoms with Gasteiger partial charge in [-0.3, -0.25) is 0 Å². The van der Waals surface area contributed by atoms with Crippen molar-refractivity contribution in [1.29, 1.82) is 5.26 Å². The Labute approximate surface area is 118 Å². The monoisotopic (exact) mass is 270 g/mol. The van der Waals surface area contributed by atoms with Crippen LogP contribution in [0.3, 0.4) is 0 Å². The number of aryl methyl sites for hydroxylation is 1. The van der Waals surface area contributed by atoms with Crippen molar-refractivity contribution >= 4 is 11.6 Å². The summed E-state index contributed by atoms with van der Waals surface area (Å²) in [6.07, 6.45) is 0. The predicted octanol–water partition coefficient (Wildman–Crippen LogP) is 3.81. The Balaban J connectivity index is 1.94. The van der Waals surface area contributed by atoms with E-state index in [1.165, 1.54) is 11.1 Å². The summed E-state index contributed by atoms with van der Waals surface area (Å²) in [6, 6.07) is 15.7. The number of nitrogens with zero attached hydrogens (tertiary/aromatic N) is 1. The highest BCUT2D eigenvalue weighted by atomic mass is 35.5. The molecule has 0 aliphatic carbocycles. The first-order valence-corrected chi connectivity index (χ1v) is 6.51. The van der Waals surface area contributed by atoms with Crippen LogP contribution in [0.5, 0.6) is 0 Å². The van der Waals surface area contributed by atoms with E-state index in [9.17, 15) is 0 Å². The summed E-state index contributed by atoms with van der Waals surface area (Å²) in [5.41, 5.74) is 4.24. The minimum atomic E-state index is 0.696. The molecule has 3 heteroatoms. The highest BCUT2D eigenvalue weighted by Crippen LogP contribution is 2.15. The molecule has 0 fully saturated rings. The molecule has 0 unspecified atom stereocenters. The Bertz CT molecular complexity index is 614. The minimum absolute atomic E-state index is 0.696. The van der Waals surface area contributed by atoms with Crippen LogP contribution in [0.2, 0.25) is 5.02 Å². The fourth-order valence-corrected chi connectivity index (χ4v) is 2.18. The van der Waals surface area contributed by atoms with Crippen LogP contribution in [0.15, 0.2) is 42.5 Å². The van der Waals surface area contributed by atoms with E-state index in [1.54, 1.807) is 0 Å². The van der Waals surface area contributed by atoms with Gasteiger partial charge in [0.2, 0.25) is 0 Å². The van der Waals surface area contributed by atoms with Gasteiger partial charge >= 0.3 is 0 Å². The second-order valence-electron chi connectivity index (χ2n) is 4.49. The SMILES string of the molecule is Cc1cc(Cl)ccc1CNCc1cccc(C#N)c1. The molecule has 0 saturated heterocycles. The molecule has 0 aromatic heterocycles. The molecule has 0 saturated carbocycles. The van der Waals surface area contributed by atoms with Gasteiger partial charge in [-0.15, -0.1) is 0 Å². The first kappa shape index (κ1) is 13.6. The summed E-state index contributed by atoms with van der Waals surface area (Å²) in [5, 5.41) is 13.0. The van der Waals surface area contributed by atoms with Crippen molar-refractivity contribution < 1.29 is 0 Å². The quantitative estimate of drug-likeness (QED) is 0.917. The van der Waals surface area contributed by atoms with E-state index in [1.807, 2.05) is 42.5 Å². The Kier molecular flexibility index (Phi) is 4.57. The van der Waals surface area contributed by atoms with Gasteiger partial charge in [-0.2, -0.15) is 5.26 Å². The van der Waals surface area contributed by atoms with E-state index in [2.05, 4.69) is 18.3 Å². The number of hydrogen-bond donors (Lipinski definition) is 1. The third-order valence-electron chi connectivity index (χ3n) is 3.01. The van der Waals surface area contributed by atoms with Gasteiger partial charge in [-0.25, -0.2) is 0 Å². The van der Waals surface area contributed by atoms with Gasteiger partial charge in [-0.05, 0) is 47.9 Å². The van der Waals surface area contributed by atoms with Crippen molar-refractivity contribution in [1.82, 2.24) is 5.32 Å². The van der Waals surface area contributed by atoms with Gasteiger partial charge in [0.05, 0.1) is 11.6 Å². The van der Waals surface area contributed by atoms with Crippen molar-refractivity contribution in [3.8, 4) is 6.07 Å². The van der Waals surface area contributed by atoms with Crippen LogP contribution >= 0.6 is 11.6 Å². The standard InChI is InChI=1S/C16H15ClN2/c1-12-7-16(17)6-5-15(12)11-19-10-14-4-2-3-13(8-14)9-18/h2-8,19H,10-11H2,1H3. The highest BCUT2D eigenvalue weighted by Gasteiger charge is 2.00. The van der Waals surface area contributed by atoms with Crippen LogP contribution in [0.25, 0.3) is 0 Å². The van der Waals surface area contributed by atoms with Crippen molar-refractivity contribution in [2.24, 2.45) is 0 Å². The van der Waals surface area contributed by atoms with Crippen molar-refractivity contribution in [3.05, 3.63) is 69.7 Å². The Morgan fingerprint density at radius 2 is 2.00 bits per heavy atom. The maximum absolute atomic E-state index is 8.84. The summed E-state index contributed by atoms with van der Waals surface area (Å²) in [6.45, 7) is 3.59. The first-order valence-electron chi connectivity index (χ1n) is 6.14. The fraction of sp³-hybridized carbons (Fsp3) is 0.188. The molecule has 0 aliphatic rings. The molecule has 2 rings (SSSR count). The third kappa shape index (κ3) is 3.82. The molecule has 2 nitrogen and oxygen atoms in total. The zero-order chi connectivity index (χ0) is 13.7. The Morgan fingerprint density at radius 3 is 2.74 bits per heavy atom. The lowest BCUT2D eigenvalue weighted by Gasteiger charge is -2.08. The number of benzene rings is 2. The van der Waals surface area contributed by atoms with Gasteiger partial charge in [0.15, 0.2) is 0 Å². The lowest BCUT2D eigenvalue weighted by atomic mass is 10.1. The normalized spacial score (nSPS) is 10.2. The summed E-state index contributed by atoms with van der Waals surface area (Å²) >= 11 is 5.93. The number of hydrogen-bond acceptors (Lipinski definition) is 2. The van der Waals surface area contributed by atoms with Crippen molar-refractivity contribution in [2.45, 2.75) is 20.0 Å². The van der Waals surface area contributed by atoms with Crippen molar-refractivity contribution in [2.75, 3.05) is 0 Å². The van der Waals surface area contributed by atoms with Crippen LogP contribution in [0.1, 0.15) is 22.3 Å². The van der Waals surface area contributed by atoms with Crippen LogP contribution < -0.4 is 5.32 Å². The first-order chi connectivity index (χ1) is 9.19. The van der Waals surface area contributed by atoms with Crippen LogP contribution in [-0.2, 0) is 13.1 Å². The minimum Gasteiger partial charge on any atom is -0.309 e. The van der Waals surface area contributed by atoms with E-state index in [4.69, 9.17) is 16.9 Å². The molecule has 2 aromatic rings. The second-order valence-corrected chi connectivity index (χ2v) is 4.92. The van der Waals surface area contributed by atoms with Gasteiger partial charge in [0.25, 0.3) is 0 Å². The summed E-state index contributed by atoms with van der Waals surface area (Å²) in [5.74, 6) is 0. The van der Waals surface area contributed by atoms with Gasteiger partial charge < -0.3 is 5.32 Å². The maximum atomic E-state index is 8.84. The fourth-order valence-electron chi connectivity index (χ4n) is 1.95. The van der Waals surface area contributed by atoms with Crippen LogP contribution in [0.4, 0.5) is 0 Å². The zero-order valence-corrected chi connectivity index (χ0v) is 11.5. The molecule has 96 valence electrons. The molecule has 19 heavy (non-hydrogen) atoms. The van der Waals surface area contributed by atoms with E-state index in [-0.39, 0.29) is 0 Å². The third-order valence-corrected chi connectivity index (χ3v) is 3.24. The Morgan fingerprint density at radius 1 is 1.16 bits per heavy atom.